The quantitative estimate of drug-likeness (QED) is 0.794. The van der Waals surface area contributed by atoms with Gasteiger partial charge < -0.3 is 10.1 Å². The molecular weight excluding hydrogens is 212 g/mol. The van der Waals surface area contributed by atoms with Crippen LogP contribution in [0.4, 0.5) is 0 Å². The van der Waals surface area contributed by atoms with Crippen molar-refractivity contribution in [3.05, 3.63) is 0 Å². The third-order valence-electron chi connectivity index (χ3n) is 4.76. The smallest absolute Gasteiger partial charge is 0.0634 e. The van der Waals surface area contributed by atoms with Crippen LogP contribution in [0, 0.1) is 5.92 Å². The molecule has 1 N–H and O–H groups in total. The molecule has 1 saturated carbocycles. The first-order chi connectivity index (χ1) is 7.98. The first-order valence-electron chi connectivity index (χ1n) is 6.99. The standard InChI is InChI=1S/C14H28N2O/c1-13(2,17-4)7-9-16-10-8-15-11-14(16,3)12-5-6-12/h12,15H,5-11H2,1-4H3. The van der Waals surface area contributed by atoms with Gasteiger partial charge in [-0.05, 0) is 46.0 Å². The Morgan fingerprint density at radius 2 is 2.12 bits per heavy atom. The van der Waals surface area contributed by atoms with Crippen molar-refractivity contribution in [1.82, 2.24) is 10.2 Å². The minimum absolute atomic E-state index is 0.00926. The Bertz CT molecular complexity index is 263. The second-order valence-electron chi connectivity index (χ2n) is 6.51. The van der Waals surface area contributed by atoms with E-state index >= 15 is 0 Å². The van der Waals surface area contributed by atoms with Gasteiger partial charge in [0.1, 0.15) is 0 Å². The molecule has 1 aliphatic heterocycles. The molecule has 3 nitrogen and oxygen atoms in total. The third kappa shape index (κ3) is 3.01. The van der Waals surface area contributed by atoms with Crippen LogP contribution in [-0.2, 0) is 4.74 Å². The fraction of sp³-hybridized carbons (Fsp3) is 1.00. The zero-order valence-corrected chi connectivity index (χ0v) is 11.9. The molecule has 0 amide bonds. The van der Waals surface area contributed by atoms with Gasteiger partial charge in [-0.2, -0.15) is 0 Å². The highest BCUT2D eigenvalue weighted by molar-refractivity contribution is 5.03. The SMILES string of the molecule is COC(C)(C)CCN1CCNCC1(C)C1CC1. The van der Waals surface area contributed by atoms with E-state index in [0.29, 0.717) is 5.54 Å². The summed E-state index contributed by atoms with van der Waals surface area (Å²) in [5, 5.41) is 3.56. The molecule has 1 unspecified atom stereocenters. The summed E-state index contributed by atoms with van der Waals surface area (Å²) in [6, 6.07) is 0. The van der Waals surface area contributed by atoms with Gasteiger partial charge in [-0.3, -0.25) is 4.90 Å². The molecule has 100 valence electrons. The molecular formula is C14H28N2O. The maximum atomic E-state index is 5.53. The van der Waals surface area contributed by atoms with Crippen LogP contribution in [0.2, 0.25) is 0 Å². The van der Waals surface area contributed by atoms with Gasteiger partial charge in [0, 0.05) is 38.8 Å². The molecule has 1 atom stereocenters. The molecule has 0 radical (unpaired) electrons. The molecule has 1 heterocycles. The number of nitrogens with one attached hydrogen (secondary N) is 1. The van der Waals surface area contributed by atoms with E-state index in [1.807, 2.05) is 7.11 Å². The first kappa shape index (κ1) is 13.3. The number of hydrogen-bond acceptors (Lipinski definition) is 3. The van der Waals surface area contributed by atoms with Gasteiger partial charge in [0.15, 0.2) is 0 Å². The number of ether oxygens (including phenoxy) is 1. The van der Waals surface area contributed by atoms with Crippen LogP contribution < -0.4 is 5.32 Å². The van der Waals surface area contributed by atoms with Gasteiger partial charge in [-0.25, -0.2) is 0 Å². The number of rotatable bonds is 5. The zero-order valence-electron chi connectivity index (χ0n) is 11.9. The topological polar surface area (TPSA) is 24.5 Å². The summed E-state index contributed by atoms with van der Waals surface area (Å²) >= 11 is 0. The van der Waals surface area contributed by atoms with E-state index in [1.54, 1.807) is 0 Å². The molecule has 0 bridgehead atoms. The summed E-state index contributed by atoms with van der Waals surface area (Å²) in [5.41, 5.74) is 0.400. The lowest BCUT2D eigenvalue weighted by Gasteiger charge is -2.46. The molecule has 0 spiro atoms. The second kappa shape index (κ2) is 4.87. The predicted molar refractivity (Wildman–Crippen MR) is 71.3 cm³/mol. The molecule has 0 aromatic carbocycles. The lowest BCUT2D eigenvalue weighted by atomic mass is 9.90. The van der Waals surface area contributed by atoms with Crippen molar-refractivity contribution in [2.45, 2.75) is 51.2 Å². The maximum absolute atomic E-state index is 5.53. The van der Waals surface area contributed by atoms with E-state index in [-0.39, 0.29) is 5.60 Å². The van der Waals surface area contributed by atoms with Crippen LogP contribution in [0.25, 0.3) is 0 Å². The maximum Gasteiger partial charge on any atom is 0.0634 e. The van der Waals surface area contributed by atoms with Crippen molar-refractivity contribution in [1.29, 1.82) is 0 Å². The van der Waals surface area contributed by atoms with Gasteiger partial charge in [-0.15, -0.1) is 0 Å². The van der Waals surface area contributed by atoms with Crippen molar-refractivity contribution < 1.29 is 4.74 Å². The third-order valence-corrected chi connectivity index (χ3v) is 4.76. The van der Waals surface area contributed by atoms with Crippen molar-refractivity contribution in [2.24, 2.45) is 5.92 Å². The van der Waals surface area contributed by atoms with Crippen molar-refractivity contribution >= 4 is 0 Å². The van der Waals surface area contributed by atoms with E-state index in [1.165, 1.54) is 19.4 Å². The Hall–Kier alpha value is -0.120. The molecule has 2 fully saturated rings. The Kier molecular flexibility index (Phi) is 3.81. The molecule has 0 aromatic heterocycles. The Morgan fingerprint density at radius 3 is 2.71 bits per heavy atom. The Morgan fingerprint density at radius 1 is 1.41 bits per heavy atom. The zero-order chi connectivity index (χ0) is 12.5. The lowest BCUT2D eigenvalue weighted by molar-refractivity contribution is -0.0136. The normalized spacial score (nSPS) is 31.8. The van der Waals surface area contributed by atoms with Crippen LogP contribution in [0.15, 0.2) is 0 Å². The van der Waals surface area contributed by atoms with Crippen LogP contribution in [-0.4, -0.2) is 49.3 Å². The minimum atomic E-state index is 0.00926. The fourth-order valence-electron chi connectivity index (χ4n) is 2.90. The summed E-state index contributed by atoms with van der Waals surface area (Å²) in [7, 11) is 1.82. The van der Waals surface area contributed by atoms with Crippen molar-refractivity contribution in [3.63, 3.8) is 0 Å². The van der Waals surface area contributed by atoms with Gasteiger partial charge in [0.2, 0.25) is 0 Å². The number of methoxy groups -OCH3 is 1. The van der Waals surface area contributed by atoms with Crippen molar-refractivity contribution in [2.75, 3.05) is 33.3 Å². The number of hydrogen-bond donors (Lipinski definition) is 1. The molecule has 2 aliphatic rings. The van der Waals surface area contributed by atoms with E-state index in [9.17, 15) is 0 Å². The van der Waals surface area contributed by atoms with E-state index < -0.39 is 0 Å². The first-order valence-corrected chi connectivity index (χ1v) is 6.99. The average molecular weight is 240 g/mol. The number of nitrogens with zero attached hydrogens (tertiary/aromatic N) is 1. The van der Waals surface area contributed by atoms with Gasteiger partial charge in [-0.1, -0.05) is 0 Å². The molecule has 2 rings (SSSR count). The summed E-state index contributed by atoms with van der Waals surface area (Å²) in [6.07, 6.45) is 3.95. The Labute approximate surface area is 106 Å². The minimum Gasteiger partial charge on any atom is -0.379 e. The van der Waals surface area contributed by atoms with E-state index in [4.69, 9.17) is 4.74 Å². The number of piperazine rings is 1. The largest absolute Gasteiger partial charge is 0.379 e. The van der Waals surface area contributed by atoms with Crippen LogP contribution >= 0.6 is 0 Å². The van der Waals surface area contributed by atoms with Crippen LogP contribution in [0.1, 0.15) is 40.0 Å². The van der Waals surface area contributed by atoms with Crippen molar-refractivity contribution in [3.8, 4) is 0 Å². The van der Waals surface area contributed by atoms with Gasteiger partial charge in [0.25, 0.3) is 0 Å². The monoisotopic (exact) mass is 240 g/mol. The van der Waals surface area contributed by atoms with Crippen LogP contribution in [0.3, 0.4) is 0 Å². The Balaban J connectivity index is 1.93. The van der Waals surface area contributed by atoms with Gasteiger partial charge >= 0.3 is 0 Å². The summed E-state index contributed by atoms with van der Waals surface area (Å²) in [4.78, 5) is 2.70. The predicted octanol–water partition coefficient (Wildman–Crippen LogP) is 1.88. The summed E-state index contributed by atoms with van der Waals surface area (Å²) in [5.74, 6) is 0.918. The second-order valence-corrected chi connectivity index (χ2v) is 6.51. The highest BCUT2D eigenvalue weighted by atomic mass is 16.5. The average Bonchev–Trinajstić information content (AvgIpc) is 3.12. The molecule has 0 aromatic rings. The van der Waals surface area contributed by atoms with E-state index in [2.05, 4.69) is 31.0 Å². The molecule has 1 aliphatic carbocycles. The highest BCUT2D eigenvalue weighted by Crippen LogP contribution is 2.43. The molecule has 3 heteroatoms. The molecule has 17 heavy (non-hydrogen) atoms. The van der Waals surface area contributed by atoms with E-state index in [0.717, 1.165) is 32.0 Å². The molecule has 1 saturated heterocycles. The highest BCUT2D eigenvalue weighted by Gasteiger charge is 2.46. The van der Waals surface area contributed by atoms with Gasteiger partial charge in [0.05, 0.1) is 5.60 Å². The van der Waals surface area contributed by atoms with Crippen LogP contribution in [0.5, 0.6) is 0 Å². The summed E-state index contributed by atoms with van der Waals surface area (Å²) in [6.45, 7) is 11.5. The fourth-order valence-corrected chi connectivity index (χ4v) is 2.90. The lowest BCUT2D eigenvalue weighted by Crippen LogP contribution is -2.61. The summed E-state index contributed by atoms with van der Waals surface area (Å²) < 4.78 is 5.53.